The van der Waals surface area contributed by atoms with E-state index in [0.717, 1.165) is 11.3 Å². The van der Waals surface area contributed by atoms with Gasteiger partial charge in [-0.05, 0) is 24.5 Å². The number of ether oxygens (including phenoxy) is 1. The second kappa shape index (κ2) is 9.39. The normalized spacial score (nSPS) is 14.3. The summed E-state index contributed by atoms with van der Waals surface area (Å²) in [6.45, 7) is 9.46. The van der Waals surface area contributed by atoms with Crippen LogP contribution in [0, 0.1) is 0 Å². The predicted octanol–water partition coefficient (Wildman–Crippen LogP) is 2.46. The van der Waals surface area contributed by atoms with Gasteiger partial charge in [0.15, 0.2) is 0 Å². The number of rotatable bonds is 5. The van der Waals surface area contributed by atoms with Gasteiger partial charge in [0.05, 0.1) is 6.61 Å². The van der Waals surface area contributed by atoms with Crippen LogP contribution >= 0.6 is 0 Å². The van der Waals surface area contributed by atoms with Crippen LogP contribution in [0.25, 0.3) is 0 Å². The molecule has 2 rings (SSSR count). The number of anilines is 1. The average molecular weight is 375 g/mol. The van der Waals surface area contributed by atoms with E-state index in [1.54, 1.807) is 16.7 Å². The van der Waals surface area contributed by atoms with Crippen molar-refractivity contribution in [2.24, 2.45) is 0 Å². The van der Waals surface area contributed by atoms with Crippen LogP contribution in [0.15, 0.2) is 24.3 Å². The quantitative estimate of drug-likeness (QED) is 0.793. The van der Waals surface area contributed by atoms with Crippen molar-refractivity contribution in [3.63, 3.8) is 0 Å². The maximum absolute atomic E-state index is 12.8. The molecule has 0 bridgehead atoms. The Labute approximate surface area is 160 Å². The molecular weight excluding hydrogens is 346 g/mol. The van der Waals surface area contributed by atoms with Gasteiger partial charge in [-0.3, -0.25) is 9.59 Å². The number of carbonyl (C=O) groups excluding carboxylic acids is 3. The molecule has 1 aliphatic heterocycles. The molecule has 7 heteroatoms. The number of carbonyl (C=O) groups is 3. The second-order valence-corrected chi connectivity index (χ2v) is 6.89. The highest BCUT2D eigenvalue weighted by Gasteiger charge is 2.27. The fourth-order valence-electron chi connectivity index (χ4n) is 3.18. The molecule has 0 aromatic heterocycles. The lowest BCUT2D eigenvalue weighted by Gasteiger charge is -2.35. The van der Waals surface area contributed by atoms with Crippen LogP contribution in [-0.2, 0) is 14.3 Å². The molecule has 1 fully saturated rings. The highest BCUT2D eigenvalue weighted by Crippen LogP contribution is 2.27. The van der Waals surface area contributed by atoms with E-state index in [0.29, 0.717) is 32.8 Å². The maximum atomic E-state index is 12.8. The summed E-state index contributed by atoms with van der Waals surface area (Å²) in [6, 6.07) is 7.68. The lowest BCUT2D eigenvalue weighted by atomic mass is 10.0. The van der Waals surface area contributed by atoms with Crippen LogP contribution in [0.1, 0.15) is 39.2 Å². The Bertz CT molecular complexity index is 682. The molecule has 1 saturated heterocycles. The molecule has 0 radical (unpaired) electrons. The molecule has 27 heavy (non-hydrogen) atoms. The summed E-state index contributed by atoms with van der Waals surface area (Å²) in [4.78, 5) is 41.6. The summed E-state index contributed by atoms with van der Waals surface area (Å²) in [5.74, 6) is -0.0415. The minimum absolute atomic E-state index is 0.00151. The molecule has 0 saturated carbocycles. The summed E-state index contributed by atoms with van der Waals surface area (Å²) in [7, 11) is 0. The van der Waals surface area contributed by atoms with Crippen LogP contribution in [-0.4, -0.2) is 67.0 Å². The van der Waals surface area contributed by atoms with E-state index in [2.05, 4.69) is 13.8 Å². The van der Waals surface area contributed by atoms with E-state index in [-0.39, 0.29) is 30.4 Å². The van der Waals surface area contributed by atoms with Gasteiger partial charge >= 0.3 is 6.09 Å². The number of para-hydroxylation sites is 1. The van der Waals surface area contributed by atoms with Gasteiger partial charge in [-0.1, -0.05) is 32.0 Å². The van der Waals surface area contributed by atoms with E-state index < -0.39 is 0 Å². The number of hydrogen-bond acceptors (Lipinski definition) is 4. The number of hydrogen-bond donors (Lipinski definition) is 0. The molecule has 3 amide bonds. The third-order valence-electron chi connectivity index (χ3n) is 4.68. The van der Waals surface area contributed by atoms with Gasteiger partial charge < -0.3 is 19.4 Å². The highest BCUT2D eigenvalue weighted by molar-refractivity contribution is 5.98. The number of amides is 3. The van der Waals surface area contributed by atoms with Crippen LogP contribution in [0.2, 0.25) is 0 Å². The molecule has 0 aliphatic carbocycles. The van der Waals surface area contributed by atoms with E-state index in [1.165, 1.54) is 11.8 Å². The first-order valence-corrected chi connectivity index (χ1v) is 9.41. The SMILES string of the molecule is CCOC(=O)N1CCN(C(=O)CN(C(C)=O)c2ccccc2C(C)C)CC1. The Kier molecular flexibility index (Phi) is 7.21. The summed E-state index contributed by atoms with van der Waals surface area (Å²) in [5, 5.41) is 0. The molecule has 0 atom stereocenters. The first-order valence-electron chi connectivity index (χ1n) is 9.41. The first kappa shape index (κ1) is 20.7. The van der Waals surface area contributed by atoms with Gasteiger partial charge in [0.1, 0.15) is 6.54 Å². The lowest BCUT2D eigenvalue weighted by Crippen LogP contribution is -2.53. The fourth-order valence-corrected chi connectivity index (χ4v) is 3.18. The number of benzene rings is 1. The number of nitrogens with zero attached hydrogens (tertiary/aromatic N) is 3. The molecule has 1 heterocycles. The van der Waals surface area contributed by atoms with E-state index in [4.69, 9.17) is 4.74 Å². The van der Waals surface area contributed by atoms with E-state index in [9.17, 15) is 14.4 Å². The minimum atomic E-state index is -0.346. The first-order chi connectivity index (χ1) is 12.8. The van der Waals surface area contributed by atoms with Crippen molar-refractivity contribution >= 4 is 23.6 Å². The Morgan fingerprint density at radius 3 is 2.22 bits per heavy atom. The average Bonchev–Trinajstić information content (AvgIpc) is 2.66. The fraction of sp³-hybridized carbons (Fsp3) is 0.550. The van der Waals surface area contributed by atoms with Gasteiger partial charge in [0, 0.05) is 38.8 Å². The van der Waals surface area contributed by atoms with Gasteiger partial charge in [0.2, 0.25) is 11.8 Å². The minimum Gasteiger partial charge on any atom is -0.450 e. The largest absolute Gasteiger partial charge is 0.450 e. The molecule has 0 spiro atoms. The third-order valence-corrected chi connectivity index (χ3v) is 4.68. The highest BCUT2D eigenvalue weighted by atomic mass is 16.6. The lowest BCUT2D eigenvalue weighted by molar-refractivity contribution is -0.132. The summed E-state index contributed by atoms with van der Waals surface area (Å²) in [5.41, 5.74) is 1.81. The maximum Gasteiger partial charge on any atom is 0.409 e. The molecule has 1 aromatic rings. The van der Waals surface area contributed by atoms with Gasteiger partial charge in [-0.15, -0.1) is 0 Å². The molecule has 148 valence electrons. The smallest absolute Gasteiger partial charge is 0.409 e. The molecular formula is C20H29N3O4. The van der Waals surface area contributed by atoms with Gasteiger partial charge in [0.25, 0.3) is 0 Å². The van der Waals surface area contributed by atoms with Crippen molar-refractivity contribution in [2.45, 2.75) is 33.6 Å². The molecule has 1 aliphatic rings. The Hall–Kier alpha value is -2.57. The third kappa shape index (κ3) is 5.21. The van der Waals surface area contributed by atoms with Crippen molar-refractivity contribution in [3.05, 3.63) is 29.8 Å². The van der Waals surface area contributed by atoms with Crippen molar-refractivity contribution in [1.82, 2.24) is 9.80 Å². The van der Waals surface area contributed by atoms with Crippen LogP contribution in [0.5, 0.6) is 0 Å². The zero-order chi connectivity index (χ0) is 20.0. The van der Waals surface area contributed by atoms with Crippen LogP contribution in [0.4, 0.5) is 10.5 Å². The molecule has 7 nitrogen and oxygen atoms in total. The Morgan fingerprint density at radius 1 is 1.07 bits per heavy atom. The van der Waals surface area contributed by atoms with E-state index in [1.807, 2.05) is 24.3 Å². The van der Waals surface area contributed by atoms with Gasteiger partial charge in [-0.2, -0.15) is 0 Å². The van der Waals surface area contributed by atoms with Gasteiger partial charge in [-0.25, -0.2) is 4.79 Å². The summed E-state index contributed by atoms with van der Waals surface area (Å²) < 4.78 is 5.00. The topological polar surface area (TPSA) is 70.2 Å². The zero-order valence-electron chi connectivity index (χ0n) is 16.6. The van der Waals surface area contributed by atoms with Crippen LogP contribution in [0.3, 0.4) is 0 Å². The standard InChI is InChI=1S/C20H29N3O4/c1-5-27-20(26)22-12-10-21(11-13-22)19(25)14-23(16(4)24)18-9-7-6-8-17(18)15(2)3/h6-9,15H,5,10-14H2,1-4H3. The van der Waals surface area contributed by atoms with E-state index >= 15 is 0 Å². The summed E-state index contributed by atoms with van der Waals surface area (Å²) in [6.07, 6.45) is -0.346. The molecule has 0 unspecified atom stereocenters. The Balaban J connectivity index is 2.05. The van der Waals surface area contributed by atoms with Crippen molar-refractivity contribution in [1.29, 1.82) is 0 Å². The molecule has 0 N–H and O–H groups in total. The second-order valence-electron chi connectivity index (χ2n) is 6.89. The zero-order valence-corrected chi connectivity index (χ0v) is 16.6. The molecule has 1 aromatic carbocycles. The Morgan fingerprint density at radius 2 is 1.67 bits per heavy atom. The predicted molar refractivity (Wildman–Crippen MR) is 104 cm³/mol. The van der Waals surface area contributed by atoms with Crippen molar-refractivity contribution < 1.29 is 19.1 Å². The van der Waals surface area contributed by atoms with Crippen LogP contribution < -0.4 is 4.90 Å². The monoisotopic (exact) mass is 375 g/mol. The number of piperazine rings is 1. The summed E-state index contributed by atoms with van der Waals surface area (Å²) >= 11 is 0. The van der Waals surface area contributed by atoms with Crippen molar-refractivity contribution in [3.8, 4) is 0 Å². The van der Waals surface area contributed by atoms with Crippen molar-refractivity contribution in [2.75, 3.05) is 44.2 Å².